The first-order valence-corrected chi connectivity index (χ1v) is 6.36. The van der Waals surface area contributed by atoms with E-state index in [1.807, 2.05) is 0 Å². The van der Waals surface area contributed by atoms with Gasteiger partial charge in [-0.25, -0.2) is 4.98 Å². The maximum absolute atomic E-state index is 11.9. The lowest BCUT2D eigenvalue weighted by molar-refractivity contribution is 0.0886. The molecule has 1 fully saturated rings. The molecule has 1 aliphatic carbocycles. The summed E-state index contributed by atoms with van der Waals surface area (Å²) in [5.41, 5.74) is 0.433. The molecule has 1 heterocycles. The standard InChI is InChI=1S/C12H14Cl2N2O/c1-12(5-2-6-12)7-15-11(17)10-8(13)3-4-9(14)16-10/h3-4H,2,5-7H2,1H3,(H,15,17). The molecule has 2 rings (SSSR count). The molecule has 0 radical (unpaired) electrons. The lowest BCUT2D eigenvalue weighted by atomic mass is 9.70. The summed E-state index contributed by atoms with van der Waals surface area (Å²) in [6, 6.07) is 3.14. The van der Waals surface area contributed by atoms with Gasteiger partial charge in [0.1, 0.15) is 10.8 Å². The molecule has 0 aromatic carbocycles. The molecule has 0 aliphatic heterocycles. The second-order valence-corrected chi connectivity index (χ2v) is 5.61. The molecule has 1 aromatic rings. The van der Waals surface area contributed by atoms with Crippen LogP contribution in [0.2, 0.25) is 10.2 Å². The third kappa shape index (κ3) is 2.90. The maximum Gasteiger partial charge on any atom is 0.271 e. The van der Waals surface area contributed by atoms with Gasteiger partial charge in [0.25, 0.3) is 5.91 Å². The predicted molar refractivity (Wildman–Crippen MR) is 68.5 cm³/mol. The van der Waals surface area contributed by atoms with Gasteiger partial charge in [-0.15, -0.1) is 0 Å². The number of amides is 1. The molecular formula is C12H14Cl2N2O. The van der Waals surface area contributed by atoms with Crippen molar-refractivity contribution in [2.45, 2.75) is 26.2 Å². The average molecular weight is 273 g/mol. The summed E-state index contributed by atoms with van der Waals surface area (Å²) < 4.78 is 0. The first-order chi connectivity index (χ1) is 8.00. The summed E-state index contributed by atoms with van der Waals surface area (Å²) in [5.74, 6) is -0.259. The molecule has 1 N–H and O–H groups in total. The monoisotopic (exact) mass is 272 g/mol. The summed E-state index contributed by atoms with van der Waals surface area (Å²) in [6.07, 6.45) is 3.55. The summed E-state index contributed by atoms with van der Waals surface area (Å²) in [4.78, 5) is 15.8. The first kappa shape index (κ1) is 12.7. The first-order valence-electron chi connectivity index (χ1n) is 5.60. The van der Waals surface area contributed by atoms with E-state index in [1.54, 1.807) is 12.1 Å². The number of aromatic nitrogens is 1. The highest BCUT2D eigenvalue weighted by Gasteiger charge is 2.32. The second kappa shape index (κ2) is 4.83. The molecule has 1 amide bonds. The molecular weight excluding hydrogens is 259 g/mol. The summed E-state index contributed by atoms with van der Waals surface area (Å²) in [6.45, 7) is 2.83. The third-order valence-corrected chi connectivity index (χ3v) is 3.78. The smallest absolute Gasteiger partial charge is 0.271 e. The lowest BCUT2D eigenvalue weighted by Crippen LogP contribution is -2.40. The van der Waals surface area contributed by atoms with Crippen molar-refractivity contribution in [3.05, 3.63) is 28.0 Å². The number of nitrogens with one attached hydrogen (secondary N) is 1. The Balaban J connectivity index is 2.01. The van der Waals surface area contributed by atoms with E-state index in [9.17, 15) is 4.79 Å². The Hall–Kier alpha value is -0.800. The molecule has 0 unspecified atom stereocenters. The Morgan fingerprint density at radius 1 is 1.47 bits per heavy atom. The zero-order valence-electron chi connectivity index (χ0n) is 9.59. The summed E-state index contributed by atoms with van der Waals surface area (Å²) in [7, 11) is 0. The van der Waals surface area contributed by atoms with Crippen LogP contribution in [-0.2, 0) is 0 Å². The molecule has 0 bridgehead atoms. The minimum absolute atomic E-state index is 0.196. The maximum atomic E-state index is 11.9. The number of carbonyl (C=O) groups excluding carboxylic acids is 1. The number of rotatable bonds is 3. The van der Waals surface area contributed by atoms with Crippen LogP contribution in [0.4, 0.5) is 0 Å². The fraction of sp³-hybridized carbons (Fsp3) is 0.500. The fourth-order valence-electron chi connectivity index (χ4n) is 1.91. The summed E-state index contributed by atoms with van der Waals surface area (Å²) >= 11 is 11.6. The van der Waals surface area contributed by atoms with Crippen LogP contribution in [0.25, 0.3) is 0 Å². The Morgan fingerprint density at radius 2 is 2.18 bits per heavy atom. The highest BCUT2D eigenvalue weighted by atomic mass is 35.5. The zero-order valence-corrected chi connectivity index (χ0v) is 11.1. The lowest BCUT2D eigenvalue weighted by Gasteiger charge is -2.38. The largest absolute Gasteiger partial charge is 0.350 e. The number of pyridine rings is 1. The number of hydrogen-bond acceptors (Lipinski definition) is 2. The molecule has 17 heavy (non-hydrogen) atoms. The second-order valence-electron chi connectivity index (χ2n) is 4.81. The van der Waals surface area contributed by atoms with Crippen LogP contribution in [0.1, 0.15) is 36.7 Å². The van der Waals surface area contributed by atoms with Crippen LogP contribution in [0.15, 0.2) is 12.1 Å². The Kier molecular flexibility index (Phi) is 3.59. The SMILES string of the molecule is CC1(CNC(=O)c2nc(Cl)ccc2Cl)CCC1. The van der Waals surface area contributed by atoms with Crippen molar-refractivity contribution in [1.29, 1.82) is 0 Å². The minimum atomic E-state index is -0.259. The number of halogens is 2. The van der Waals surface area contributed by atoms with Gasteiger partial charge in [0.05, 0.1) is 5.02 Å². The summed E-state index contributed by atoms with van der Waals surface area (Å²) in [5, 5.41) is 3.46. The quantitative estimate of drug-likeness (QED) is 0.858. The van der Waals surface area contributed by atoms with E-state index < -0.39 is 0 Å². The van der Waals surface area contributed by atoms with Crippen LogP contribution >= 0.6 is 23.2 Å². The predicted octanol–water partition coefficient (Wildman–Crippen LogP) is 3.31. The van der Waals surface area contributed by atoms with Gasteiger partial charge in [0, 0.05) is 6.54 Å². The van der Waals surface area contributed by atoms with Gasteiger partial charge in [-0.1, -0.05) is 36.5 Å². The molecule has 1 aromatic heterocycles. The van der Waals surface area contributed by atoms with Crippen molar-refractivity contribution in [1.82, 2.24) is 10.3 Å². The molecule has 3 nitrogen and oxygen atoms in total. The zero-order chi connectivity index (χ0) is 12.5. The Bertz CT molecular complexity index is 444. The van der Waals surface area contributed by atoms with Crippen LogP contribution in [0.5, 0.6) is 0 Å². The Labute approximate surface area is 111 Å². The van der Waals surface area contributed by atoms with Gasteiger partial charge < -0.3 is 5.32 Å². The van der Waals surface area contributed by atoms with Crippen molar-refractivity contribution in [3.8, 4) is 0 Å². The minimum Gasteiger partial charge on any atom is -0.350 e. The van der Waals surface area contributed by atoms with Crippen LogP contribution < -0.4 is 5.32 Å². The van der Waals surface area contributed by atoms with E-state index in [0.29, 0.717) is 11.6 Å². The highest BCUT2D eigenvalue weighted by Crippen LogP contribution is 2.39. The van der Waals surface area contributed by atoms with Crippen LogP contribution in [0.3, 0.4) is 0 Å². The van der Waals surface area contributed by atoms with E-state index in [-0.39, 0.29) is 22.2 Å². The highest BCUT2D eigenvalue weighted by molar-refractivity contribution is 6.34. The van der Waals surface area contributed by atoms with Crippen LogP contribution in [0, 0.1) is 5.41 Å². The van der Waals surface area contributed by atoms with Crippen molar-refractivity contribution in [3.63, 3.8) is 0 Å². The molecule has 5 heteroatoms. The van der Waals surface area contributed by atoms with Crippen molar-refractivity contribution in [2.75, 3.05) is 6.54 Å². The fourth-order valence-corrected chi connectivity index (χ4v) is 2.25. The van der Waals surface area contributed by atoms with E-state index >= 15 is 0 Å². The van der Waals surface area contributed by atoms with Crippen molar-refractivity contribution >= 4 is 29.1 Å². The van der Waals surface area contributed by atoms with Gasteiger partial charge in [-0.2, -0.15) is 0 Å². The molecule has 1 aliphatic rings. The number of hydrogen-bond donors (Lipinski definition) is 1. The van der Waals surface area contributed by atoms with Gasteiger partial charge in [0.2, 0.25) is 0 Å². The number of carbonyl (C=O) groups is 1. The molecule has 92 valence electrons. The molecule has 1 saturated carbocycles. The van der Waals surface area contributed by atoms with Gasteiger partial charge in [0.15, 0.2) is 0 Å². The molecule has 0 atom stereocenters. The average Bonchev–Trinajstić information content (AvgIpc) is 2.26. The van der Waals surface area contributed by atoms with E-state index in [0.717, 1.165) is 12.8 Å². The van der Waals surface area contributed by atoms with E-state index in [4.69, 9.17) is 23.2 Å². The van der Waals surface area contributed by atoms with Crippen LogP contribution in [-0.4, -0.2) is 17.4 Å². The van der Waals surface area contributed by atoms with Crippen molar-refractivity contribution in [2.24, 2.45) is 5.41 Å². The molecule has 0 spiro atoms. The van der Waals surface area contributed by atoms with E-state index in [2.05, 4.69) is 17.2 Å². The van der Waals surface area contributed by atoms with E-state index in [1.165, 1.54) is 6.42 Å². The number of nitrogens with zero attached hydrogens (tertiary/aromatic N) is 1. The van der Waals surface area contributed by atoms with Gasteiger partial charge in [-0.3, -0.25) is 4.79 Å². The van der Waals surface area contributed by atoms with Gasteiger partial charge >= 0.3 is 0 Å². The normalized spacial score (nSPS) is 17.4. The topological polar surface area (TPSA) is 42.0 Å². The van der Waals surface area contributed by atoms with Crippen molar-refractivity contribution < 1.29 is 4.79 Å². The Morgan fingerprint density at radius 3 is 2.76 bits per heavy atom. The van der Waals surface area contributed by atoms with Gasteiger partial charge in [-0.05, 0) is 30.4 Å². The third-order valence-electron chi connectivity index (χ3n) is 3.26. The molecule has 0 saturated heterocycles.